The molecule has 0 spiro atoms. The molecule has 1 saturated heterocycles. The Bertz CT molecular complexity index is 660. The molecular weight excluding hydrogens is 406 g/mol. The normalized spacial score (nSPS) is 19.5. The summed E-state index contributed by atoms with van der Waals surface area (Å²) in [4.78, 5) is 37.6. The zero-order valence-electron chi connectivity index (χ0n) is 14.7. The maximum Gasteiger partial charge on any atom is 0.410 e. The zero-order chi connectivity index (χ0) is 19.3. The minimum absolute atomic E-state index is 0.00263. The second-order valence-electron chi connectivity index (χ2n) is 6.57. The van der Waals surface area contributed by atoms with E-state index in [2.05, 4.69) is 15.9 Å². The van der Waals surface area contributed by atoms with Crippen LogP contribution in [0, 0.1) is 5.92 Å². The van der Waals surface area contributed by atoms with Gasteiger partial charge in [-0.3, -0.25) is 9.69 Å². The Morgan fingerprint density at radius 1 is 1.23 bits per heavy atom. The number of rotatable bonds is 6. The van der Waals surface area contributed by atoms with E-state index in [0.29, 0.717) is 5.56 Å². The molecule has 1 N–H and O–H groups in total. The number of Topliss-reactive ketones (excluding diaryl/α,β-unsaturated/α-hetero) is 1. The first kappa shape index (κ1) is 20.4. The van der Waals surface area contributed by atoms with Crippen molar-refractivity contribution in [3.05, 3.63) is 34.3 Å². The molecule has 0 saturated carbocycles. The molecular formula is C18H22BrNO6. The van der Waals surface area contributed by atoms with Crippen molar-refractivity contribution >= 4 is 33.8 Å². The van der Waals surface area contributed by atoms with E-state index in [4.69, 9.17) is 9.47 Å². The number of nitrogens with zero attached hydrogens (tertiary/aromatic N) is 1. The van der Waals surface area contributed by atoms with Gasteiger partial charge in [-0.05, 0) is 18.1 Å². The fourth-order valence-corrected chi connectivity index (χ4v) is 2.78. The van der Waals surface area contributed by atoms with E-state index < -0.39 is 30.8 Å². The molecule has 2 rings (SSSR count). The first-order valence-electron chi connectivity index (χ1n) is 8.34. The average molecular weight is 428 g/mol. The van der Waals surface area contributed by atoms with Crippen LogP contribution in [-0.2, 0) is 14.3 Å². The van der Waals surface area contributed by atoms with Crippen molar-refractivity contribution in [2.45, 2.75) is 32.4 Å². The first-order chi connectivity index (χ1) is 12.3. The smallest absolute Gasteiger partial charge is 0.410 e. The van der Waals surface area contributed by atoms with Crippen LogP contribution in [0.25, 0.3) is 0 Å². The number of aliphatic hydroxyl groups excluding tert-OH is 1. The highest BCUT2D eigenvalue weighted by Gasteiger charge is 2.41. The predicted molar refractivity (Wildman–Crippen MR) is 96.7 cm³/mol. The van der Waals surface area contributed by atoms with Gasteiger partial charge in [0.1, 0.15) is 6.04 Å². The van der Waals surface area contributed by atoms with E-state index in [1.54, 1.807) is 24.3 Å². The van der Waals surface area contributed by atoms with Crippen molar-refractivity contribution in [1.29, 1.82) is 0 Å². The van der Waals surface area contributed by atoms with Gasteiger partial charge in [0.05, 0.1) is 19.3 Å². The Kier molecular flexibility index (Phi) is 7.16. The Hall–Kier alpha value is -1.93. The van der Waals surface area contributed by atoms with Crippen LogP contribution in [0.4, 0.5) is 4.79 Å². The summed E-state index contributed by atoms with van der Waals surface area (Å²) >= 11 is 3.28. The maximum atomic E-state index is 12.3. The fraction of sp³-hybridized carbons (Fsp3) is 0.500. The molecule has 0 radical (unpaired) electrons. The number of halogens is 1. The van der Waals surface area contributed by atoms with E-state index in [-0.39, 0.29) is 31.3 Å². The van der Waals surface area contributed by atoms with Gasteiger partial charge in [-0.25, -0.2) is 9.59 Å². The number of hydrogen-bond donors (Lipinski definition) is 1. The lowest BCUT2D eigenvalue weighted by atomic mass is 10.1. The molecule has 2 atom stereocenters. The predicted octanol–water partition coefficient (Wildman–Crippen LogP) is 2.40. The molecule has 8 heteroatoms. The minimum atomic E-state index is -0.956. The SMILES string of the molecule is CC(C)COC(=O)N1C[C@@H](O)C[C@@H]1C(=O)OCC(=O)c1ccc(Br)cc1. The van der Waals surface area contributed by atoms with Crippen LogP contribution in [0.1, 0.15) is 30.6 Å². The van der Waals surface area contributed by atoms with Crippen LogP contribution < -0.4 is 0 Å². The van der Waals surface area contributed by atoms with E-state index in [0.717, 1.165) is 9.37 Å². The number of esters is 1. The van der Waals surface area contributed by atoms with Gasteiger partial charge in [-0.1, -0.05) is 41.9 Å². The minimum Gasteiger partial charge on any atom is -0.456 e. The van der Waals surface area contributed by atoms with Crippen LogP contribution in [0.2, 0.25) is 0 Å². The number of aliphatic hydroxyl groups is 1. The van der Waals surface area contributed by atoms with E-state index in [1.807, 2.05) is 13.8 Å². The Morgan fingerprint density at radius 3 is 2.50 bits per heavy atom. The third-order valence-corrected chi connectivity index (χ3v) is 4.37. The molecule has 1 heterocycles. The van der Waals surface area contributed by atoms with Gasteiger partial charge in [0, 0.05) is 16.5 Å². The van der Waals surface area contributed by atoms with Gasteiger partial charge in [0.25, 0.3) is 0 Å². The number of ketones is 1. The Morgan fingerprint density at radius 2 is 1.88 bits per heavy atom. The maximum absolute atomic E-state index is 12.3. The number of hydrogen-bond acceptors (Lipinski definition) is 6. The third kappa shape index (κ3) is 5.54. The number of likely N-dealkylation sites (tertiary alicyclic amines) is 1. The summed E-state index contributed by atoms with van der Waals surface area (Å²) in [6, 6.07) is 5.72. The van der Waals surface area contributed by atoms with Crippen molar-refractivity contribution < 1.29 is 29.0 Å². The molecule has 1 aromatic rings. The molecule has 1 aromatic carbocycles. The number of amides is 1. The Labute approximate surface area is 160 Å². The van der Waals surface area contributed by atoms with Crippen LogP contribution in [0.5, 0.6) is 0 Å². The van der Waals surface area contributed by atoms with E-state index in [9.17, 15) is 19.5 Å². The summed E-state index contributed by atoms with van der Waals surface area (Å²) in [5.74, 6) is -0.924. The van der Waals surface area contributed by atoms with Gasteiger partial charge in [0.15, 0.2) is 12.4 Å². The van der Waals surface area contributed by atoms with Gasteiger partial charge >= 0.3 is 12.1 Å². The number of carbonyl (C=O) groups excluding carboxylic acids is 3. The Balaban J connectivity index is 1.92. The lowest BCUT2D eigenvalue weighted by Crippen LogP contribution is -2.42. The summed E-state index contributed by atoms with van der Waals surface area (Å²) in [6.07, 6.45) is -1.44. The van der Waals surface area contributed by atoms with Crippen LogP contribution >= 0.6 is 15.9 Å². The molecule has 1 aliphatic heterocycles. The standard InChI is InChI=1S/C18H22BrNO6/c1-11(2)9-26-18(24)20-8-14(21)7-15(20)17(23)25-10-16(22)12-3-5-13(19)6-4-12/h3-6,11,14-15,21H,7-10H2,1-2H3/t14-,15+/m0/s1. The van der Waals surface area contributed by atoms with Gasteiger partial charge in [-0.15, -0.1) is 0 Å². The van der Waals surface area contributed by atoms with Gasteiger partial charge < -0.3 is 14.6 Å². The lowest BCUT2D eigenvalue weighted by molar-refractivity contribution is -0.147. The average Bonchev–Trinajstić information content (AvgIpc) is 2.99. The van der Waals surface area contributed by atoms with E-state index >= 15 is 0 Å². The van der Waals surface area contributed by atoms with Crippen molar-refractivity contribution in [3.63, 3.8) is 0 Å². The monoisotopic (exact) mass is 427 g/mol. The summed E-state index contributed by atoms with van der Waals surface area (Å²) < 4.78 is 11.0. The molecule has 1 aliphatic rings. The molecule has 1 fully saturated rings. The summed E-state index contributed by atoms with van der Waals surface area (Å²) in [5, 5.41) is 9.80. The highest BCUT2D eigenvalue weighted by molar-refractivity contribution is 9.10. The third-order valence-electron chi connectivity index (χ3n) is 3.84. The summed E-state index contributed by atoms with van der Waals surface area (Å²) in [5.41, 5.74) is 0.417. The fourth-order valence-electron chi connectivity index (χ4n) is 2.51. The number of β-amino-alcohol motifs (C(OH)–C–C–N with tert-alkyl or cyclic N) is 1. The highest BCUT2D eigenvalue weighted by Crippen LogP contribution is 2.21. The van der Waals surface area contributed by atoms with E-state index in [1.165, 1.54) is 0 Å². The zero-order valence-corrected chi connectivity index (χ0v) is 16.3. The number of carbonyl (C=O) groups is 3. The largest absolute Gasteiger partial charge is 0.456 e. The summed E-state index contributed by atoms with van der Waals surface area (Å²) in [7, 11) is 0. The summed E-state index contributed by atoms with van der Waals surface area (Å²) in [6.45, 7) is 3.58. The van der Waals surface area contributed by atoms with Crippen molar-refractivity contribution in [1.82, 2.24) is 4.90 Å². The van der Waals surface area contributed by atoms with Gasteiger partial charge in [0.2, 0.25) is 0 Å². The highest BCUT2D eigenvalue weighted by atomic mass is 79.9. The molecule has 26 heavy (non-hydrogen) atoms. The van der Waals surface area contributed by atoms with Crippen LogP contribution in [-0.4, -0.2) is 59.8 Å². The molecule has 142 valence electrons. The number of ether oxygens (including phenoxy) is 2. The lowest BCUT2D eigenvalue weighted by Gasteiger charge is -2.22. The van der Waals surface area contributed by atoms with Crippen molar-refractivity contribution in [2.75, 3.05) is 19.8 Å². The number of benzene rings is 1. The molecule has 0 aliphatic carbocycles. The second-order valence-corrected chi connectivity index (χ2v) is 7.48. The van der Waals surface area contributed by atoms with Crippen molar-refractivity contribution in [2.24, 2.45) is 5.92 Å². The molecule has 1 amide bonds. The van der Waals surface area contributed by atoms with Crippen LogP contribution in [0.15, 0.2) is 28.7 Å². The molecule has 0 bridgehead atoms. The molecule has 7 nitrogen and oxygen atoms in total. The molecule has 0 unspecified atom stereocenters. The van der Waals surface area contributed by atoms with Crippen molar-refractivity contribution in [3.8, 4) is 0 Å². The topological polar surface area (TPSA) is 93.1 Å². The second kappa shape index (κ2) is 9.14. The molecule has 0 aromatic heterocycles. The first-order valence-corrected chi connectivity index (χ1v) is 9.14. The quantitative estimate of drug-likeness (QED) is 0.553. The van der Waals surface area contributed by atoms with Gasteiger partial charge in [-0.2, -0.15) is 0 Å². The van der Waals surface area contributed by atoms with Crippen LogP contribution in [0.3, 0.4) is 0 Å².